The Bertz CT molecular complexity index is 604. The molecule has 1 aliphatic heterocycles. The first-order valence-corrected chi connectivity index (χ1v) is 8.07. The van der Waals surface area contributed by atoms with Gasteiger partial charge in [-0.2, -0.15) is 0 Å². The van der Waals surface area contributed by atoms with Gasteiger partial charge in [0.15, 0.2) is 0 Å². The maximum Gasteiger partial charge on any atom is 0.0386 e. The Kier molecular flexibility index (Phi) is 3.30. The van der Waals surface area contributed by atoms with E-state index in [1.165, 1.54) is 48.4 Å². The Hall–Kier alpha value is -1.96. The van der Waals surface area contributed by atoms with E-state index in [-0.39, 0.29) is 0 Å². The summed E-state index contributed by atoms with van der Waals surface area (Å²) in [6.07, 6.45) is 4.94. The molecule has 1 saturated heterocycles. The van der Waals surface area contributed by atoms with Crippen molar-refractivity contribution in [2.24, 2.45) is 0 Å². The van der Waals surface area contributed by atoms with Crippen molar-refractivity contribution in [1.82, 2.24) is 0 Å². The largest absolute Gasteiger partial charge is 0.382 e. The molecule has 2 aromatic rings. The Morgan fingerprint density at radius 3 is 2.29 bits per heavy atom. The minimum absolute atomic E-state index is 0.538. The molecule has 0 saturated carbocycles. The van der Waals surface area contributed by atoms with Crippen LogP contribution in [-0.2, 0) is 12.8 Å². The minimum Gasteiger partial charge on any atom is -0.382 e. The van der Waals surface area contributed by atoms with Crippen molar-refractivity contribution < 1.29 is 0 Å². The SMILES string of the molecule is c1cc(NC2Cc3ccccc3C2)cc(N2CCCC2)c1. The molecule has 0 bridgehead atoms. The zero-order chi connectivity index (χ0) is 14.1. The van der Waals surface area contributed by atoms with Crippen LogP contribution in [0.2, 0.25) is 0 Å². The second kappa shape index (κ2) is 5.44. The summed E-state index contributed by atoms with van der Waals surface area (Å²) in [5.74, 6) is 0. The molecule has 2 heteroatoms. The number of hydrogen-bond acceptors (Lipinski definition) is 2. The van der Waals surface area contributed by atoms with E-state index in [0.29, 0.717) is 6.04 Å². The van der Waals surface area contributed by atoms with E-state index in [2.05, 4.69) is 58.7 Å². The van der Waals surface area contributed by atoms with Gasteiger partial charge in [-0.3, -0.25) is 0 Å². The predicted octanol–water partition coefficient (Wildman–Crippen LogP) is 3.87. The van der Waals surface area contributed by atoms with Crippen LogP contribution in [0.25, 0.3) is 0 Å². The van der Waals surface area contributed by atoms with Gasteiger partial charge in [0.05, 0.1) is 0 Å². The van der Waals surface area contributed by atoms with Gasteiger partial charge in [0.2, 0.25) is 0 Å². The molecule has 0 amide bonds. The van der Waals surface area contributed by atoms with Gasteiger partial charge >= 0.3 is 0 Å². The molecule has 0 aromatic heterocycles. The molecule has 21 heavy (non-hydrogen) atoms. The summed E-state index contributed by atoms with van der Waals surface area (Å²) in [6.45, 7) is 2.41. The van der Waals surface area contributed by atoms with Crippen LogP contribution in [-0.4, -0.2) is 19.1 Å². The van der Waals surface area contributed by atoms with Crippen molar-refractivity contribution in [3.05, 3.63) is 59.7 Å². The van der Waals surface area contributed by atoms with Gasteiger partial charge in [0.1, 0.15) is 0 Å². The highest BCUT2D eigenvalue weighted by Gasteiger charge is 2.21. The van der Waals surface area contributed by atoms with Gasteiger partial charge in [0.25, 0.3) is 0 Å². The molecular weight excluding hydrogens is 256 g/mol. The second-order valence-corrected chi connectivity index (χ2v) is 6.26. The van der Waals surface area contributed by atoms with E-state index in [1.54, 1.807) is 0 Å². The van der Waals surface area contributed by atoms with Crippen LogP contribution < -0.4 is 10.2 Å². The maximum atomic E-state index is 3.72. The van der Waals surface area contributed by atoms with Crippen molar-refractivity contribution >= 4 is 11.4 Å². The predicted molar refractivity (Wildman–Crippen MR) is 89.1 cm³/mol. The summed E-state index contributed by atoms with van der Waals surface area (Å²) in [5, 5.41) is 3.72. The molecule has 0 radical (unpaired) electrons. The standard InChI is InChI=1S/C19H22N2/c1-2-7-16-13-18(12-15(16)6-1)20-17-8-5-9-19(14-17)21-10-3-4-11-21/h1-2,5-9,14,18,20H,3-4,10-13H2. The van der Waals surface area contributed by atoms with Gasteiger partial charge in [-0.25, -0.2) is 0 Å². The summed E-state index contributed by atoms with van der Waals surface area (Å²) < 4.78 is 0. The molecule has 2 aliphatic rings. The number of fused-ring (bicyclic) bond motifs is 1. The van der Waals surface area contributed by atoms with Gasteiger partial charge in [-0.1, -0.05) is 30.3 Å². The smallest absolute Gasteiger partial charge is 0.0386 e. The first kappa shape index (κ1) is 12.8. The van der Waals surface area contributed by atoms with Gasteiger partial charge in [-0.05, 0) is 55.0 Å². The molecule has 1 N–H and O–H groups in total. The Labute approximate surface area is 126 Å². The molecule has 4 rings (SSSR count). The summed E-state index contributed by atoms with van der Waals surface area (Å²) >= 11 is 0. The van der Waals surface area contributed by atoms with Crippen LogP contribution in [0.4, 0.5) is 11.4 Å². The zero-order valence-corrected chi connectivity index (χ0v) is 12.4. The average molecular weight is 278 g/mol. The third-order valence-corrected chi connectivity index (χ3v) is 4.74. The average Bonchev–Trinajstić information content (AvgIpc) is 3.16. The van der Waals surface area contributed by atoms with E-state index in [9.17, 15) is 0 Å². The van der Waals surface area contributed by atoms with E-state index in [0.717, 1.165) is 12.8 Å². The number of anilines is 2. The van der Waals surface area contributed by atoms with Crippen LogP contribution in [0.15, 0.2) is 48.5 Å². The molecule has 2 nitrogen and oxygen atoms in total. The molecule has 1 heterocycles. The van der Waals surface area contributed by atoms with E-state index >= 15 is 0 Å². The van der Waals surface area contributed by atoms with Crippen LogP contribution in [0, 0.1) is 0 Å². The lowest BCUT2D eigenvalue weighted by atomic mass is 10.1. The van der Waals surface area contributed by atoms with Crippen LogP contribution in [0.5, 0.6) is 0 Å². The normalized spacial score (nSPS) is 18.0. The number of benzene rings is 2. The van der Waals surface area contributed by atoms with Gasteiger partial charge < -0.3 is 10.2 Å². The summed E-state index contributed by atoms with van der Waals surface area (Å²) in [5.41, 5.74) is 5.64. The molecule has 1 fully saturated rings. The molecule has 0 unspecified atom stereocenters. The number of nitrogens with one attached hydrogen (secondary N) is 1. The third-order valence-electron chi connectivity index (χ3n) is 4.74. The molecule has 2 aromatic carbocycles. The number of hydrogen-bond donors (Lipinski definition) is 1. The fourth-order valence-electron chi connectivity index (χ4n) is 3.66. The first-order chi connectivity index (χ1) is 10.4. The van der Waals surface area contributed by atoms with Crippen molar-refractivity contribution in [3.63, 3.8) is 0 Å². The van der Waals surface area contributed by atoms with Crippen LogP contribution >= 0.6 is 0 Å². The van der Waals surface area contributed by atoms with Crippen molar-refractivity contribution in [3.8, 4) is 0 Å². The molecule has 0 atom stereocenters. The molecule has 108 valence electrons. The summed E-state index contributed by atoms with van der Waals surface area (Å²) in [6, 6.07) is 18.3. The van der Waals surface area contributed by atoms with Gasteiger partial charge in [-0.15, -0.1) is 0 Å². The molecular formula is C19H22N2. The highest BCUT2D eigenvalue weighted by Crippen LogP contribution is 2.27. The fraction of sp³-hybridized carbons (Fsp3) is 0.368. The zero-order valence-electron chi connectivity index (χ0n) is 12.4. The second-order valence-electron chi connectivity index (χ2n) is 6.26. The Morgan fingerprint density at radius 1 is 0.857 bits per heavy atom. The molecule has 1 aliphatic carbocycles. The lowest BCUT2D eigenvalue weighted by Crippen LogP contribution is -2.21. The Balaban J connectivity index is 1.47. The van der Waals surface area contributed by atoms with Gasteiger partial charge in [0, 0.05) is 30.5 Å². The van der Waals surface area contributed by atoms with Crippen molar-refractivity contribution in [2.75, 3.05) is 23.3 Å². The summed E-state index contributed by atoms with van der Waals surface area (Å²) in [7, 11) is 0. The fourth-order valence-corrected chi connectivity index (χ4v) is 3.66. The highest BCUT2D eigenvalue weighted by atomic mass is 15.1. The van der Waals surface area contributed by atoms with Crippen LogP contribution in [0.1, 0.15) is 24.0 Å². The van der Waals surface area contributed by atoms with E-state index < -0.39 is 0 Å². The van der Waals surface area contributed by atoms with E-state index in [1.807, 2.05) is 0 Å². The summed E-state index contributed by atoms with van der Waals surface area (Å²) in [4.78, 5) is 2.49. The quantitative estimate of drug-likeness (QED) is 0.917. The van der Waals surface area contributed by atoms with Crippen LogP contribution in [0.3, 0.4) is 0 Å². The monoisotopic (exact) mass is 278 g/mol. The first-order valence-electron chi connectivity index (χ1n) is 8.07. The number of rotatable bonds is 3. The van der Waals surface area contributed by atoms with Crippen molar-refractivity contribution in [1.29, 1.82) is 0 Å². The topological polar surface area (TPSA) is 15.3 Å². The van der Waals surface area contributed by atoms with E-state index in [4.69, 9.17) is 0 Å². The maximum absolute atomic E-state index is 3.72. The third kappa shape index (κ3) is 2.63. The number of nitrogens with zero attached hydrogens (tertiary/aromatic N) is 1. The lowest BCUT2D eigenvalue weighted by Gasteiger charge is -2.20. The highest BCUT2D eigenvalue weighted by molar-refractivity contribution is 5.59. The minimum atomic E-state index is 0.538. The Morgan fingerprint density at radius 2 is 1.57 bits per heavy atom. The molecule has 0 spiro atoms. The van der Waals surface area contributed by atoms with Crippen molar-refractivity contribution in [2.45, 2.75) is 31.7 Å². The lowest BCUT2D eigenvalue weighted by molar-refractivity contribution is 0.774.